The normalized spacial score (nSPS) is 12.3. The van der Waals surface area contributed by atoms with Gasteiger partial charge in [0.15, 0.2) is 0 Å². The average Bonchev–Trinajstić information content (AvgIpc) is 2.40. The van der Waals surface area contributed by atoms with Gasteiger partial charge < -0.3 is 14.9 Å². The molecule has 0 aliphatic rings. The van der Waals surface area contributed by atoms with Crippen LogP contribution in [0.1, 0.15) is 52.7 Å². The summed E-state index contributed by atoms with van der Waals surface area (Å²) in [7, 11) is 0. The number of ether oxygens (including phenoxy) is 1. The minimum absolute atomic E-state index is 0.172. The standard InChI is InChI=1S/C20H26O3/c1-19(2,3)15-11-13(7-9-17(15)21)23-14-8-10-18(22)16(12-14)20(4,5)6/h7-12,21-22H,1-6H3. The van der Waals surface area contributed by atoms with Gasteiger partial charge in [-0.15, -0.1) is 0 Å². The van der Waals surface area contributed by atoms with Gasteiger partial charge in [-0.3, -0.25) is 0 Å². The van der Waals surface area contributed by atoms with E-state index in [1.54, 1.807) is 24.3 Å². The van der Waals surface area contributed by atoms with Crippen LogP contribution in [0.3, 0.4) is 0 Å². The number of hydrogen-bond donors (Lipinski definition) is 2. The molecule has 0 unspecified atom stereocenters. The summed E-state index contributed by atoms with van der Waals surface area (Å²) >= 11 is 0. The predicted molar refractivity (Wildman–Crippen MR) is 93.7 cm³/mol. The molecule has 0 saturated carbocycles. The van der Waals surface area contributed by atoms with Crippen LogP contribution >= 0.6 is 0 Å². The molecule has 2 aromatic rings. The fourth-order valence-electron chi connectivity index (χ4n) is 2.49. The molecule has 2 rings (SSSR count). The second-order valence-electron chi connectivity index (χ2n) is 7.96. The molecule has 0 fully saturated rings. The minimum Gasteiger partial charge on any atom is -0.508 e. The molecule has 0 aliphatic heterocycles. The van der Waals surface area contributed by atoms with E-state index in [0.717, 1.165) is 11.1 Å². The molecule has 0 radical (unpaired) electrons. The molecule has 124 valence electrons. The van der Waals surface area contributed by atoms with Crippen LogP contribution in [0.2, 0.25) is 0 Å². The van der Waals surface area contributed by atoms with Crippen molar-refractivity contribution in [3.05, 3.63) is 47.5 Å². The van der Waals surface area contributed by atoms with Gasteiger partial charge >= 0.3 is 0 Å². The van der Waals surface area contributed by atoms with Crippen molar-refractivity contribution in [1.29, 1.82) is 0 Å². The molecule has 0 spiro atoms. The van der Waals surface area contributed by atoms with E-state index in [0.29, 0.717) is 11.5 Å². The van der Waals surface area contributed by atoms with Gasteiger partial charge in [-0.05, 0) is 47.2 Å². The van der Waals surface area contributed by atoms with Crippen LogP contribution < -0.4 is 4.74 Å². The fraction of sp³-hybridized carbons (Fsp3) is 0.400. The first-order valence-corrected chi connectivity index (χ1v) is 7.83. The van der Waals surface area contributed by atoms with E-state index < -0.39 is 0 Å². The van der Waals surface area contributed by atoms with Crippen molar-refractivity contribution < 1.29 is 14.9 Å². The molecule has 3 heteroatoms. The summed E-state index contributed by atoms with van der Waals surface area (Å²) in [6.07, 6.45) is 0. The summed E-state index contributed by atoms with van der Waals surface area (Å²) in [6, 6.07) is 10.5. The van der Waals surface area contributed by atoms with Crippen LogP contribution in [0.5, 0.6) is 23.0 Å². The molecule has 23 heavy (non-hydrogen) atoms. The molecule has 0 aromatic heterocycles. The van der Waals surface area contributed by atoms with Crippen LogP contribution in [0.4, 0.5) is 0 Å². The largest absolute Gasteiger partial charge is 0.508 e. The highest BCUT2D eigenvalue weighted by atomic mass is 16.5. The van der Waals surface area contributed by atoms with Crippen molar-refractivity contribution in [3.8, 4) is 23.0 Å². The van der Waals surface area contributed by atoms with E-state index in [-0.39, 0.29) is 22.3 Å². The molecule has 2 N–H and O–H groups in total. The van der Waals surface area contributed by atoms with Crippen molar-refractivity contribution in [2.24, 2.45) is 0 Å². The first-order chi connectivity index (χ1) is 10.5. The molecule has 0 bridgehead atoms. The summed E-state index contributed by atoms with van der Waals surface area (Å²) < 4.78 is 5.94. The number of phenolic OH excluding ortho intramolecular Hbond substituents is 2. The molecule has 2 aromatic carbocycles. The third kappa shape index (κ3) is 3.98. The Kier molecular flexibility index (Phi) is 4.34. The minimum atomic E-state index is -0.172. The zero-order chi connectivity index (χ0) is 17.4. The van der Waals surface area contributed by atoms with Gasteiger partial charge in [-0.25, -0.2) is 0 Å². The highest BCUT2D eigenvalue weighted by Crippen LogP contribution is 2.37. The molecule has 0 atom stereocenters. The van der Waals surface area contributed by atoms with Crippen molar-refractivity contribution in [1.82, 2.24) is 0 Å². The first kappa shape index (κ1) is 17.2. The smallest absolute Gasteiger partial charge is 0.127 e. The fourth-order valence-corrected chi connectivity index (χ4v) is 2.49. The van der Waals surface area contributed by atoms with Gasteiger partial charge in [0.1, 0.15) is 23.0 Å². The lowest BCUT2D eigenvalue weighted by Crippen LogP contribution is -2.12. The Balaban J connectivity index is 2.37. The Morgan fingerprint density at radius 3 is 1.30 bits per heavy atom. The Bertz CT molecular complexity index is 642. The summed E-state index contributed by atoms with van der Waals surface area (Å²) in [5.41, 5.74) is 1.33. The lowest BCUT2D eigenvalue weighted by Gasteiger charge is -2.22. The van der Waals surface area contributed by atoms with Gasteiger partial charge in [0.25, 0.3) is 0 Å². The highest BCUT2D eigenvalue weighted by molar-refractivity contribution is 5.47. The zero-order valence-corrected chi connectivity index (χ0v) is 14.8. The Morgan fingerprint density at radius 2 is 1.00 bits per heavy atom. The summed E-state index contributed by atoms with van der Waals surface area (Å²) in [4.78, 5) is 0. The average molecular weight is 314 g/mol. The van der Waals surface area contributed by atoms with Crippen molar-refractivity contribution >= 4 is 0 Å². The van der Waals surface area contributed by atoms with Gasteiger partial charge in [0.2, 0.25) is 0 Å². The van der Waals surface area contributed by atoms with E-state index in [2.05, 4.69) is 0 Å². The summed E-state index contributed by atoms with van der Waals surface area (Å²) in [5, 5.41) is 20.1. The molecular formula is C20H26O3. The van der Waals surface area contributed by atoms with Crippen molar-refractivity contribution in [2.75, 3.05) is 0 Å². The monoisotopic (exact) mass is 314 g/mol. The number of hydrogen-bond acceptors (Lipinski definition) is 3. The van der Waals surface area contributed by atoms with Crippen LogP contribution in [0.15, 0.2) is 36.4 Å². The number of rotatable bonds is 2. The third-order valence-corrected chi connectivity index (χ3v) is 3.79. The predicted octanol–water partition coefficient (Wildman–Crippen LogP) is 5.49. The number of aromatic hydroxyl groups is 2. The quantitative estimate of drug-likeness (QED) is 0.771. The maximum atomic E-state index is 10.0. The molecule has 0 amide bonds. The summed E-state index contributed by atoms with van der Waals surface area (Å²) in [6.45, 7) is 12.3. The number of phenols is 2. The van der Waals surface area contributed by atoms with Gasteiger partial charge in [-0.2, -0.15) is 0 Å². The molecule has 0 aliphatic carbocycles. The van der Waals surface area contributed by atoms with Crippen molar-refractivity contribution in [2.45, 2.75) is 52.4 Å². The second-order valence-corrected chi connectivity index (χ2v) is 7.96. The highest BCUT2D eigenvalue weighted by Gasteiger charge is 2.20. The van der Waals surface area contributed by atoms with Gasteiger partial charge in [-0.1, -0.05) is 41.5 Å². The van der Waals surface area contributed by atoms with Crippen molar-refractivity contribution in [3.63, 3.8) is 0 Å². The van der Waals surface area contributed by atoms with E-state index in [1.165, 1.54) is 0 Å². The molecule has 3 nitrogen and oxygen atoms in total. The third-order valence-electron chi connectivity index (χ3n) is 3.79. The van der Waals surface area contributed by atoms with Crippen LogP contribution in [-0.2, 0) is 10.8 Å². The lowest BCUT2D eigenvalue weighted by molar-refractivity contribution is 0.431. The summed E-state index contributed by atoms with van der Waals surface area (Å²) in [5.74, 6) is 1.87. The maximum absolute atomic E-state index is 10.0. The van der Waals surface area contributed by atoms with Crippen LogP contribution in [0, 0.1) is 0 Å². The van der Waals surface area contributed by atoms with Crippen LogP contribution in [-0.4, -0.2) is 10.2 Å². The van der Waals surface area contributed by atoms with Gasteiger partial charge in [0, 0.05) is 11.1 Å². The molecular weight excluding hydrogens is 288 g/mol. The molecule has 0 saturated heterocycles. The topological polar surface area (TPSA) is 49.7 Å². The Hall–Kier alpha value is -2.16. The van der Waals surface area contributed by atoms with E-state index in [1.807, 2.05) is 53.7 Å². The maximum Gasteiger partial charge on any atom is 0.127 e. The number of benzene rings is 2. The second kappa shape index (κ2) is 5.80. The lowest BCUT2D eigenvalue weighted by atomic mass is 9.86. The first-order valence-electron chi connectivity index (χ1n) is 7.83. The van der Waals surface area contributed by atoms with E-state index in [9.17, 15) is 10.2 Å². The Morgan fingerprint density at radius 1 is 0.652 bits per heavy atom. The van der Waals surface area contributed by atoms with Crippen LogP contribution in [0.25, 0.3) is 0 Å². The zero-order valence-electron chi connectivity index (χ0n) is 14.8. The molecule has 0 heterocycles. The SMILES string of the molecule is CC(C)(C)c1cc(Oc2ccc(O)c(C(C)(C)C)c2)ccc1O. The Labute approximate surface area is 138 Å². The van der Waals surface area contributed by atoms with E-state index in [4.69, 9.17) is 4.74 Å². The van der Waals surface area contributed by atoms with Gasteiger partial charge in [0.05, 0.1) is 0 Å². The van der Waals surface area contributed by atoms with E-state index >= 15 is 0 Å².